The van der Waals surface area contributed by atoms with Crippen molar-refractivity contribution in [3.63, 3.8) is 0 Å². The zero-order chi connectivity index (χ0) is 19.7. The second kappa shape index (κ2) is 10.0. The highest BCUT2D eigenvalue weighted by Gasteiger charge is 2.31. The van der Waals surface area contributed by atoms with Crippen LogP contribution in [0.4, 0.5) is 0 Å². The molecule has 1 heterocycles. The van der Waals surface area contributed by atoms with Gasteiger partial charge in [0.05, 0.1) is 32.3 Å². The molecule has 9 nitrogen and oxygen atoms in total. The number of nitrogens with zero attached hydrogens (tertiary/aromatic N) is 1. The molecule has 26 heavy (non-hydrogen) atoms. The van der Waals surface area contributed by atoms with Crippen LogP contribution in [0.25, 0.3) is 0 Å². The van der Waals surface area contributed by atoms with Gasteiger partial charge in [0.15, 0.2) is 0 Å². The molecule has 0 aromatic carbocycles. The number of hydrogen-bond acceptors (Lipinski definition) is 6. The number of carboxylic acids is 1. The van der Waals surface area contributed by atoms with E-state index in [2.05, 4.69) is 5.32 Å². The molecule has 1 atom stereocenters. The van der Waals surface area contributed by atoms with E-state index in [1.165, 1.54) is 0 Å². The number of ether oxygens (including phenoxy) is 2. The minimum absolute atomic E-state index is 0.102. The van der Waals surface area contributed by atoms with Crippen LogP contribution in [0.5, 0.6) is 0 Å². The maximum absolute atomic E-state index is 11.6. The summed E-state index contributed by atoms with van der Waals surface area (Å²) in [5, 5.41) is 11.7. The number of amides is 3. The Morgan fingerprint density at radius 1 is 1.12 bits per heavy atom. The summed E-state index contributed by atoms with van der Waals surface area (Å²) in [5.41, 5.74) is -0.398. The van der Waals surface area contributed by atoms with Gasteiger partial charge in [-0.15, -0.1) is 0 Å². The molecule has 0 saturated carbocycles. The Morgan fingerprint density at radius 3 is 2.23 bits per heavy atom. The molecular weight excluding hydrogens is 344 g/mol. The smallest absolute Gasteiger partial charge is 0.309 e. The van der Waals surface area contributed by atoms with Gasteiger partial charge in [0.25, 0.3) is 11.8 Å². The van der Waals surface area contributed by atoms with Gasteiger partial charge in [-0.3, -0.25) is 24.1 Å². The zero-order valence-electron chi connectivity index (χ0n) is 15.3. The van der Waals surface area contributed by atoms with Crippen molar-refractivity contribution in [2.75, 3.05) is 39.5 Å². The summed E-state index contributed by atoms with van der Waals surface area (Å²) in [4.78, 5) is 46.3. The van der Waals surface area contributed by atoms with E-state index in [1.807, 2.05) is 20.8 Å². The Labute approximate surface area is 152 Å². The average Bonchev–Trinajstić information content (AvgIpc) is 2.83. The first kappa shape index (κ1) is 21.8. The highest BCUT2D eigenvalue weighted by atomic mass is 16.5. The minimum atomic E-state index is -0.897. The second-order valence-electron chi connectivity index (χ2n) is 6.89. The lowest BCUT2D eigenvalue weighted by Crippen LogP contribution is -2.41. The number of aliphatic carboxylic acids is 1. The molecule has 0 fully saturated rings. The average molecular weight is 370 g/mol. The van der Waals surface area contributed by atoms with Crippen LogP contribution < -0.4 is 5.32 Å². The molecule has 1 unspecified atom stereocenters. The second-order valence-corrected chi connectivity index (χ2v) is 6.89. The van der Waals surface area contributed by atoms with Gasteiger partial charge in [0.2, 0.25) is 5.91 Å². The number of imide groups is 1. The van der Waals surface area contributed by atoms with Crippen molar-refractivity contribution in [3.05, 3.63) is 12.2 Å². The Balaban J connectivity index is 2.07. The molecule has 3 amide bonds. The van der Waals surface area contributed by atoms with Gasteiger partial charge >= 0.3 is 5.97 Å². The van der Waals surface area contributed by atoms with E-state index < -0.39 is 35.0 Å². The van der Waals surface area contributed by atoms with Crippen LogP contribution in [0.15, 0.2) is 12.2 Å². The van der Waals surface area contributed by atoms with E-state index in [-0.39, 0.29) is 39.5 Å². The molecule has 0 saturated heterocycles. The van der Waals surface area contributed by atoms with E-state index in [0.29, 0.717) is 0 Å². The van der Waals surface area contributed by atoms with Gasteiger partial charge in [-0.1, -0.05) is 20.8 Å². The molecular formula is C17H26N2O7. The maximum Gasteiger partial charge on any atom is 0.309 e. The first-order chi connectivity index (χ1) is 12.1. The summed E-state index contributed by atoms with van der Waals surface area (Å²) in [5.74, 6) is -2.97. The van der Waals surface area contributed by atoms with Crippen LogP contribution in [0.1, 0.15) is 20.8 Å². The maximum atomic E-state index is 11.6. The van der Waals surface area contributed by atoms with Crippen LogP contribution >= 0.6 is 0 Å². The van der Waals surface area contributed by atoms with Gasteiger partial charge in [-0.2, -0.15) is 0 Å². The largest absolute Gasteiger partial charge is 0.481 e. The van der Waals surface area contributed by atoms with E-state index in [1.54, 1.807) is 0 Å². The number of carbonyl (C=O) groups excluding carboxylic acids is 3. The van der Waals surface area contributed by atoms with Gasteiger partial charge in [0.1, 0.15) is 6.54 Å². The topological polar surface area (TPSA) is 122 Å². The molecule has 0 aromatic heterocycles. The standard InChI is InChI=1S/C17H26N2O7/c1-17(2,3)12(16(23)24)11-26-9-8-25-7-6-18-13(20)10-19-14(21)4-5-15(19)22/h4-5,12H,6-11H2,1-3H3,(H,18,20)(H,23,24). The van der Waals surface area contributed by atoms with Crippen LogP contribution in [-0.2, 0) is 28.7 Å². The van der Waals surface area contributed by atoms with E-state index in [4.69, 9.17) is 14.6 Å². The number of hydrogen-bond donors (Lipinski definition) is 2. The fourth-order valence-corrected chi connectivity index (χ4v) is 2.16. The van der Waals surface area contributed by atoms with Gasteiger partial charge in [-0.25, -0.2) is 0 Å². The van der Waals surface area contributed by atoms with Crippen LogP contribution in [-0.4, -0.2) is 73.2 Å². The molecule has 1 aliphatic rings. The summed E-state index contributed by atoms with van der Waals surface area (Å²) in [6, 6.07) is 0. The Hall–Kier alpha value is -2.26. The highest BCUT2D eigenvalue weighted by Crippen LogP contribution is 2.26. The lowest BCUT2D eigenvalue weighted by Gasteiger charge is -2.26. The fourth-order valence-electron chi connectivity index (χ4n) is 2.16. The number of rotatable bonds is 11. The summed E-state index contributed by atoms with van der Waals surface area (Å²) in [6.07, 6.45) is 2.24. The van der Waals surface area contributed by atoms with Crippen molar-refractivity contribution < 1.29 is 33.8 Å². The fraction of sp³-hybridized carbons (Fsp3) is 0.647. The molecule has 0 bridgehead atoms. The third-order valence-corrected chi connectivity index (χ3v) is 3.77. The van der Waals surface area contributed by atoms with Crippen molar-refractivity contribution >= 4 is 23.7 Å². The first-order valence-corrected chi connectivity index (χ1v) is 8.31. The molecule has 9 heteroatoms. The predicted molar refractivity (Wildman–Crippen MR) is 91.1 cm³/mol. The van der Waals surface area contributed by atoms with E-state index in [9.17, 15) is 19.2 Å². The van der Waals surface area contributed by atoms with Crippen LogP contribution in [0, 0.1) is 11.3 Å². The molecule has 146 valence electrons. The third-order valence-electron chi connectivity index (χ3n) is 3.77. The summed E-state index contributed by atoms with van der Waals surface area (Å²) in [6.45, 7) is 6.27. The number of carbonyl (C=O) groups is 4. The summed E-state index contributed by atoms with van der Waals surface area (Å²) >= 11 is 0. The van der Waals surface area contributed by atoms with Crippen molar-refractivity contribution in [1.29, 1.82) is 0 Å². The quantitative estimate of drug-likeness (QED) is 0.382. The van der Waals surface area contributed by atoms with Crippen LogP contribution in [0.3, 0.4) is 0 Å². The predicted octanol–water partition coefficient (Wildman–Crippen LogP) is -0.192. The molecule has 0 spiro atoms. The zero-order valence-corrected chi connectivity index (χ0v) is 15.3. The van der Waals surface area contributed by atoms with Gasteiger partial charge in [0, 0.05) is 18.7 Å². The minimum Gasteiger partial charge on any atom is -0.481 e. The molecule has 1 rings (SSSR count). The highest BCUT2D eigenvalue weighted by molar-refractivity contribution is 6.14. The van der Waals surface area contributed by atoms with Gasteiger partial charge in [-0.05, 0) is 5.41 Å². The Morgan fingerprint density at radius 2 is 1.69 bits per heavy atom. The Kier molecular flexibility index (Phi) is 8.40. The number of nitrogens with one attached hydrogen (secondary N) is 1. The van der Waals surface area contributed by atoms with E-state index in [0.717, 1.165) is 17.1 Å². The van der Waals surface area contributed by atoms with Crippen molar-refractivity contribution in [1.82, 2.24) is 10.2 Å². The molecule has 0 radical (unpaired) electrons. The third kappa shape index (κ3) is 7.32. The molecule has 0 aliphatic carbocycles. The monoisotopic (exact) mass is 370 g/mol. The normalized spacial score (nSPS) is 15.4. The molecule has 0 aromatic rings. The van der Waals surface area contributed by atoms with Crippen molar-refractivity contribution in [2.45, 2.75) is 20.8 Å². The van der Waals surface area contributed by atoms with Gasteiger partial charge < -0.3 is 19.9 Å². The Bertz CT molecular complexity index is 548. The van der Waals surface area contributed by atoms with Crippen molar-refractivity contribution in [2.24, 2.45) is 11.3 Å². The lowest BCUT2D eigenvalue weighted by atomic mass is 9.81. The van der Waals surface area contributed by atoms with Crippen molar-refractivity contribution in [3.8, 4) is 0 Å². The van der Waals surface area contributed by atoms with Crippen LogP contribution in [0.2, 0.25) is 0 Å². The molecule has 2 N–H and O–H groups in total. The molecule has 1 aliphatic heterocycles. The number of carboxylic acid groups (broad SMARTS) is 1. The SMILES string of the molecule is CC(C)(C)C(COCCOCCNC(=O)CN1C(=O)C=CC1=O)C(=O)O. The summed E-state index contributed by atoms with van der Waals surface area (Å²) < 4.78 is 10.6. The first-order valence-electron chi connectivity index (χ1n) is 8.31. The lowest BCUT2D eigenvalue weighted by molar-refractivity contribution is -0.149. The summed E-state index contributed by atoms with van der Waals surface area (Å²) in [7, 11) is 0. The van der Waals surface area contributed by atoms with E-state index >= 15 is 0 Å².